The van der Waals surface area contributed by atoms with E-state index in [1.165, 1.54) is 0 Å². The van der Waals surface area contributed by atoms with Crippen molar-refractivity contribution >= 4 is 0 Å². The summed E-state index contributed by atoms with van der Waals surface area (Å²) in [5.41, 5.74) is 2.04. The average molecular weight is 192 g/mol. The van der Waals surface area contributed by atoms with Gasteiger partial charge in [-0.3, -0.25) is 0 Å². The molecule has 2 rings (SSSR count). The molecule has 0 spiro atoms. The first-order valence-electron chi connectivity index (χ1n) is 5.28. The zero-order valence-corrected chi connectivity index (χ0v) is 9.10. The third kappa shape index (κ3) is 1.82. The maximum absolute atomic E-state index is 13.7. The van der Waals surface area contributed by atoms with Crippen LogP contribution in [0, 0.1) is 5.82 Å². The van der Waals surface area contributed by atoms with E-state index < -0.39 is 0 Å². The van der Waals surface area contributed by atoms with Gasteiger partial charge >= 0.3 is 0 Å². The van der Waals surface area contributed by atoms with Crippen LogP contribution < -0.4 is 0 Å². The first-order chi connectivity index (χ1) is 6.48. The molecule has 0 unspecified atom stereocenters. The molecule has 1 saturated carbocycles. The Morgan fingerprint density at radius 1 is 1.21 bits per heavy atom. The van der Waals surface area contributed by atoms with Gasteiger partial charge in [-0.2, -0.15) is 0 Å². The third-order valence-corrected chi connectivity index (χ3v) is 2.88. The smallest absolute Gasteiger partial charge is 0.126 e. The van der Waals surface area contributed by atoms with Gasteiger partial charge in [-0.05, 0) is 41.4 Å². The molecule has 1 aromatic carbocycles. The fourth-order valence-corrected chi connectivity index (χ4v) is 1.72. The Bertz CT molecular complexity index is 343. The maximum atomic E-state index is 13.7. The molecule has 0 amide bonds. The largest absolute Gasteiger partial charge is 0.207 e. The highest BCUT2D eigenvalue weighted by Gasteiger charge is 2.27. The highest BCUT2D eigenvalue weighted by molar-refractivity contribution is 5.32. The van der Waals surface area contributed by atoms with E-state index in [2.05, 4.69) is 26.8 Å². The summed E-state index contributed by atoms with van der Waals surface area (Å²) in [5.74, 6) is 0.490. The normalized spacial score (nSPS) is 17.1. The molecule has 0 radical (unpaired) electrons. The van der Waals surface area contributed by atoms with Gasteiger partial charge in [0.05, 0.1) is 0 Å². The molecule has 0 nitrogen and oxygen atoms in total. The van der Waals surface area contributed by atoms with Crippen molar-refractivity contribution in [1.29, 1.82) is 0 Å². The number of hydrogen-bond acceptors (Lipinski definition) is 0. The summed E-state index contributed by atoms with van der Waals surface area (Å²) >= 11 is 0. The monoisotopic (exact) mass is 192 g/mol. The van der Waals surface area contributed by atoms with E-state index in [-0.39, 0.29) is 11.2 Å². The van der Waals surface area contributed by atoms with Crippen LogP contribution in [0.1, 0.15) is 50.7 Å². The second kappa shape index (κ2) is 3.08. The summed E-state index contributed by atoms with van der Waals surface area (Å²) in [4.78, 5) is 0. The van der Waals surface area contributed by atoms with Crippen LogP contribution in [-0.2, 0) is 5.41 Å². The lowest BCUT2D eigenvalue weighted by Crippen LogP contribution is -2.11. The molecule has 0 bridgehead atoms. The van der Waals surface area contributed by atoms with E-state index in [0.717, 1.165) is 24.0 Å². The van der Waals surface area contributed by atoms with E-state index in [1.807, 2.05) is 6.07 Å². The molecular formula is C13H17F. The topological polar surface area (TPSA) is 0 Å². The van der Waals surface area contributed by atoms with Gasteiger partial charge < -0.3 is 0 Å². The zero-order chi connectivity index (χ0) is 10.3. The predicted molar refractivity (Wildman–Crippen MR) is 57.1 cm³/mol. The van der Waals surface area contributed by atoms with Crippen molar-refractivity contribution in [2.45, 2.75) is 44.9 Å². The molecule has 0 atom stereocenters. The van der Waals surface area contributed by atoms with Gasteiger partial charge in [0.2, 0.25) is 0 Å². The lowest BCUT2D eigenvalue weighted by molar-refractivity contribution is 0.566. The van der Waals surface area contributed by atoms with Crippen molar-refractivity contribution in [3.63, 3.8) is 0 Å². The highest BCUT2D eigenvalue weighted by atomic mass is 19.1. The van der Waals surface area contributed by atoms with Crippen molar-refractivity contribution in [3.8, 4) is 0 Å². The van der Waals surface area contributed by atoms with Gasteiger partial charge in [-0.15, -0.1) is 0 Å². The molecule has 0 N–H and O–H groups in total. The van der Waals surface area contributed by atoms with Crippen LogP contribution in [0.2, 0.25) is 0 Å². The van der Waals surface area contributed by atoms with Gasteiger partial charge in [0.1, 0.15) is 5.82 Å². The van der Waals surface area contributed by atoms with Crippen molar-refractivity contribution in [2.75, 3.05) is 0 Å². The predicted octanol–water partition coefficient (Wildman–Crippen LogP) is 4.00. The fourth-order valence-electron chi connectivity index (χ4n) is 1.72. The minimum absolute atomic E-state index is 0.0140. The van der Waals surface area contributed by atoms with Crippen LogP contribution in [0.15, 0.2) is 18.2 Å². The summed E-state index contributed by atoms with van der Waals surface area (Å²) in [6, 6.07) is 5.73. The summed E-state index contributed by atoms with van der Waals surface area (Å²) in [7, 11) is 0. The molecule has 1 aromatic rings. The Kier molecular flexibility index (Phi) is 2.13. The molecule has 1 fully saturated rings. The molecule has 76 valence electrons. The van der Waals surface area contributed by atoms with Gasteiger partial charge in [0.25, 0.3) is 0 Å². The molecular weight excluding hydrogens is 175 g/mol. The summed E-state index contributed by atoms with van der Waals surface area (Å²) in [5, 5.41) is 0. The van der Waals surface area contributed by atoms with Crippen LogP contribution >= 0.6 is 0 Å². The summed E-state index contributed by atoms with van der Waals surface area (Å²) in [6.07, 6.45) is 2.32. The standard InChI is InChI=1S/C13H17F/c1-13(2,3)10-6-7-11(9-4-5-9)12(14)8-10/h6-9H,4-5H2,1-3H3. The second-order valence-corrected chi connectivity index (χ2v) is 5.26. The van der Waals surface area contributed by atoms with Gasteiger partial charge in [-0.1, -0.05) is 32.9 Å². The van der Waals surface area contributed by atoms with Gasteiger partial charge in [-0.25, -0.2) is 4.39 Å². The summed E-state index contributed by atoms with van der Waals surface area (Å²) < 4.78 is 13.7. The van der Waals surface area contributed by atoms with Crippen molar-refractivity contribution < 1.29 is 4.39 Å². The van der Waals surface area contributed by atoms with Crippen LogP contribution in [-0.4, -0.2) is 0 Å². The Hall–Kier alpha value is -0.850. The molecule has 0 aromatic heterocycles. The Balaban J connectivity index is 2.35. The Morgan fingerprint density at radius 2 is 1.86 bits per heavy atom. The van der Waals surface area contributed by atoms with Crippen LogP contribution in [0.5, 0.6) is 0 Å². The van der Waals surface area contributed by atoms with Gasteiger partial charge in [0, 0.05) is 0 Å². The number of benzene rings is 1. The Morgan fingerprint density at radius 3 is 2.29 bits per heavy atom. The quantitative estimate of drug-likeness (QED) is 0.631. The van der Waals surface area contributed by atoms with Crippen molar-refractivity contribution in [2.24, 2.45) is 0 Å². The van der Waals surface area contributed by atoms with E-state index in [0.29, 0.717) is 5.92 Å². The number of hydrogen-bond donors (Lipinski definition) is 0. The maximum Gasteiger partial charge on any atom is 0.126 e. The minimum Gasteiger partial charge on any atom is -0.207 e. The minimum atomic E-state index is -0.0140. The average Bonchev–Trinajstić information content (AvgIpc) is 2.85. The summed E-state index contributed by atoms with van der Waals surface area (Å²) in [6.45, 7) is 6.33. The molecule has 1 aliphatic rings. The third-order valence-electron chi connectivity index (χ3n) is 2.88. The van der Waals surface area contributed by atoms with E-state index in [9.17, 15) is 4.39 Å². The van der Waals surface area contributed by atoms with Crippen molar-refractivity contribution in [3.05, 3.63) is 35.1 Å². The Labute approximate surface area is 85.1 Å². The van der Waals surface area contributed by atoms with E-state index >= 15 is 0 Å². The van der Waals surface area contributed by atoms with E-state index in [1.54, 1.807) is 6.07 Å². The second-order valence-electron chi connectivity index (χ2n) is 5.26. The van der Waals surface area contributed by atoms with Crippen LogP contribution in [0.4, 0.5) is 4.39 Å². The molecule has 0 aliphatic heterocycles. The molecule has 0 saturated heterocycles. The molecule has 1 heteroatoms. The lowest BCUT2D eigenvalue weighted by atomic mass is 9.86. The van der Waals surface area contributed by atoms with Crippen LogP contribution in [0.3, 0.4) is 0 Å². The van der Waals surface area contributed by atoms with E-state index in [4.69, 9.17) is 0 Å². The fraction of sp³-hybridized carbons (Fsp3) is 0.538. The highest BCUT2D eigenvalue weighted by Crippen LogP contribution is 2.41. The number of halogens is 1. The molecule has 0 heterocycles. The molecule has 14 heavy (non-hydrogen) atoms. The van der Waals surface area contributed by atoms with Gasteiger partial charge in [0.15, 0.2) is 0 Å². The van der Waals surface area contributed by atoms with Crippen LogP contribution in [0.25, 0.3) is 0 Å². The number of rotatable bonds is 1. The van der Waals surface area contributed by atoms with Crippen molar-refractivity contribution in [1.82, 2.24) is 0 Å². The molecule has 1 aliphatic carbocycles. The lowest BCUT2D eigenvalue weighted by Gasteiger charge is -2.19. The first-order valence-corrected chi connectivity index (χ1v) is 5.28. The SMILES string of the molecule is CC(C)(C)c1ccc(C2CC2)c(F)c1. The zero-order valence-electron chi connectivity index (χ0n) is 9.10. The first kappa shape index (κ1) is 9.70.